The Morgan fingerprint density at radius 3 is 2.48 bits per heavy atom. The molecule has 4 heteroatoms. The van der Waals surface area contributed by atoms with E-state index in [4.69, 9.17) is 4.42 Å². The minimum atomic E-state index is 0.690. The number of oxazole rings is 1. The van der Waals surface area contributed by atoms with Gasteiger partial charge in [0.1, 0.15) is 12.0 Å². The molecule has 0 aliphatic carbocycles. The van der Waals surface area contributed by atoms with Crippen LogP contribution in [0.15, 0.2) is 41.0 Å². The number of hydrogen-bond acceptors (Lipinski definition) is 4. The van der Waals surface area contributed by atoms with E-state index in [1.807, 2.05) is 18.3 Å². The van der Waals surface area contributed by atoms with Crippen LogP contribution in [-0.2, 0) is 6.54 Å². The number of nitrogens with zero attached hydrogens (tertiary/aromatic N) is 1. The first-order valence-corrected chi connectivity index (χ1v) is 7.76. The van der Waals surface area contributed by atoms with Gasteiger partial charge < -0.3 is 9.73 Å². The lowest BCUT2D eigenvalue weighted by Crippen LogP contribution is -1.99. The summed E-state index contributed by atoms with van der Waals surface area (Å²) in [5.41, 5.74) is 4.43. The second-order valence-corrected chi connectivity index (χ2v) is 6.58. The molecule has 1 aromatic carbocycles. The number of aryl methyl sites for hydroxylation is 3. The second kappa shape index (κ2) is 5.74. The molecule has 0 radical (unpaired) electrons. The Kier molecular flexibility index (Phi) is 3.80. The molecular formula is C17H18N2OS. The SMILES string of the molecule is Cc1nc(-c2ccc(NCc3cc(C)sc3C)cc2)co1. The van der Waals surface area contributed by atoms with Crippen molar-refractivity contribution in [2.75, 3.05) is 5.32 Å². The monoisotopic (exact) mass is 298 g/mol. The summed E-state index contributed by atoms with van der Waals surface area (Å²) in [5.74, 6) is 0.690. The van der Waals surface area contributed by atoms with Crippen LogP contribution in [0.3, 0.4) is 0 Å². The first-order valence-electron chi connectivity index (χ1n) is 6.94. The number of thiophene rings is 1. The summed E-state index contributed by atoms with van der Waals surface area (Å²) in [7, 11) is 0. The van der Waals surface area contributed by atoms with Crippen molar-refractivity contribution in [3.63, 3.8) is 0 Å². The third kappa shape index (κ3) is 3.16. The van der Waals surface area contributed by atoms with Gasteiger partial charge in [0.25, 0.3) is 0 Å². The van der Waals surface area contributed by atoms with E-state index in [9.17, 15) is 0 Å². The molecule has 3 nitrogen and oxygen atoms in total. The van der Waals surface area contributed by atoms with Crippen LogP contribution in [-0.4, -0.2) is 4.98 Å². The van der Waals surface area contributed by atoms with Crippen LogP contribution in [0.4, 0.5) is 5.69 Å². The zero-order valence-electron chi connectivity index (χ0n) is 12.4. The second-order valence-electron chi connectivity index (χ2n) is 5.12. The Balaban J connectivity index is 1.68. The standard InChI is InChI=1S/C17H18N2OS/c1-11-8-15(12(2)21-11)9-18-16-6-4-14(5-7-16)17-10-20-13(3)19-17/h4-8,10,18H,9H2,1-3H3. The first kappa shape index (κ1) is 13.9. The molecule has 0 saturated heterocycles. The predicted molar refractivity (Wildman–Crippen MR) is 87.8 cm³/mol. The number of rotatable bonds is 4. The molecule has 21 heavy (non-hydrogen) atoms. The zero-order chi connectivity index (χ0) is 14.8. The Labute approximate surface area is 128 Å². The molecule has 0 amide bonds. The van der Waals surface area contributed by atoms with Crippen molar-refractivity contribution in [1.82, 2.24) is 4.98 Å². The fourth-order valence-corrected chi connectivity index (χ4v) is 3.26. The smallest absolute Gasteiger partial charge is 0.191 e. The predicted octanol–water partition coefficient (Wildman–Crippen LogP) is 4.94. The van der Waals surface area contributed by atoms with Gasteiger partial charge in [-0.1, -0.05) is 12.1 Å². The fraction of sp³-hybridized carbons (Fsp3) is 0.235. The van der Waals surface area contributed by atoms with Crippen LogP contribution in [0.1, 0.15) is 21.2 Å². The highest BCUT2D eigenvalue weighted by molar-refractivity contribution is 7.12. The fourth-order valence-electron chi connectivity index (χ4n) is 2.31. The molecule has 0 unspecified atom stereocenters. The molecule has 0 bridgehead atoms. The van der Waals surface area contributed by atoms with E-state index in [1.165, 1.54) is 15.3 Å². The maximum atomic E-state index is 5.24. The van der Waals surface area contributed by atoms with Crippen molar-refractivity contribution in [3.05, 3.63) is 57.8 Å². The van der Waals surface area contributed by atoms with Gasteiger partial charge in [-0.3, -0.25) is 0 Å². The van der Waals surface area contributed by atoms with Gasteiger partial charge in [0.05, 0.1) is 0 Å². The van der Waals surface area contributed by atoms with Gasteiger partial charge in [-0.2, -0.15) is 0 Å². The van der Waals surface area contributed by atoms with Gasteiger partial charge in [-0.15, -0.1) is 11.3 Å². The van der Waals surface area contributed by atoms with Crippen molar-refractivity contribution in [1.29, 1.82) is 0 Å². The Hall–Kier alpha value is -2.07. The number of anilines is 1. The zero-order valence-corrected chi connectivity index (χ0v) is 13.3. The minimum Gasteiger partial charge on any atom is -0.449 e. The maximum Gasteiger partial charge on any atom is 0.191 e. The highest BCUT2D eigenvalue weighted by Crippen LogP contribution is 2.23. The number of benzene rings is 1. The van der Waals surface area contributed by atoms with Gasteiger partial charge >= 0.3 is 0 Å². The summed E-state index contributed by atoms with van der Waals surface area (Å²) in [5, 5.41) is 3.46. The third-order valence-electron chi connectivity index (χ3n) is 3.43. The first-order chi connectivity index (χ1) is 10.1. The molecule has 0 spiro atoms. The van der Waals surface area contributed by atoms with Gasteiger partial charge in [0, 0.05) is 34.5 Å². The largest absolute Gasteiger partial charge is 0.449 e. The van der Waals surface area contributed by atoms with E-state index in [1.54, 1.807) is 6.26 Å². The number of hydrogen-bond donors (Lipinski definition) is 1. The minimum absolute atomic E-state index is 0.690. The van der Waals surface area contributed by atoms with Crippen molar-refractivity contribution in [3.8, 4) is 11.3 Å². The Morgan fingerprint density at radius 2 is 1.90 bits per heavy atom. The van der Waals surface area contributed by atoms with Crippen molar-refractivity contribution in [2.45, 2.75) is 27.3 Å². The molecule has 108 valence electrons. The lowest BCUT2D eigenvalue weighted by Gasteiger charge is -2.06. The summed E-state index contributed by atoms with van der Waals surface area (Å²) in [6, 6.07) is 10.5. The van der Waals surface area contributed by atoms with E-state index in [2.05, 4.69) is 54.5 Å². The van der Waals surface area contributed by atoms with Crippen LogP contribution in [0.25, 0.3) is 11.3 Å². The molecule has 0 saturated carbocycles. The van der Waals surface area contributed by atoms with E-state index in [0.29, 0.717) is 5.89 Å². The summed E-state index contributed by atoms with van der Waals surface area (Å²) in [6.07, 6.45) is 1.69. The molecule has 0 fully saturated rings. The average Bonchev–Trinajstić information content (AvgIpc) is 3.03. The molecule has 2 heterocycles. The van der Waals surface area contributed by atoms with E-state index in [-0.39, 0.29) is 0 Å². The Bertz CT molecular complexity index is 740. The van der Waals surface area contributed by atoms with Crippen molar-refractivity contribution < 1.29 is 4.42 Å². The maximum absolute atomic E-state index is 5.24. The molecular weight excluding hydrogens is 280 g/mol. The quantitative estimate of drug-likeness (QED) is 0.741. The van der Waals surface area contributed by atoms with Crippen molar-refractivity contribution >= 4 is 17.0 Å². The van der Waals surface area contributed by atoms with Gasteiger partial charge in [-0.25, -0.2) is 4.98 Å². The van der Waals surface area contributed by atoms with E-state index < -0.39 is 0 Å². The Morgan fingerprint density at radius 1 is 1.14 bits per heavy atom. The van der Waals surface area contributed by atoms with Gasteiger partial charge in [0.15, 0.2) is 5.89 Å². The van der Waals surface area contributed by atoms with Gasteiger partial charge in [0.2, 0.25) is 0 Å². The summed E-state index contributed by atoms with van der Waals surface area (Å²) in [4.78, 5) is 7.08. The lowest BCUT2D eigenvalue weighted by molar-refractivity contribution is 0.521. The lowest BCUT2D eigenvalue weighted by atomic mass is 10.1. The molecule has 3 aromatic rings. The van der Waals surface area contributed by atoms with Crippen LogP contribution < -0.4 is 5.32 Å². The molecule has 3 rings (SSSR count). The number of aromatic nitrogens is 1. The number of nitrogens with one attached hydrogen (secondary N) is 1. The summed E-state index contributed by atoms with van der Waals surface area (Å²) in [6.45, 7) is 7.03. The van der Waals surface area contributed by atoms with E-state index >= 15 is 0 Å². The van der Waals surface area contributed by atoms with Crippen LogP contribution in [0.5, 0.6) is 0 Å². The molecule has 0 aliphatic heterocycles. The molecule has 1 N–H and O–H groups in total. The molecule has 0 aliphatic rings. The molecule has 2 aromatic heterocycles. The van der Waals surface area contributed by atoms with E-state index in [0.717, 1.165) is 23.5 Å². The van der Waals surface area contributed by atoms with Crippen molar-refractivity contribution in [2.24, 2.45) is 0 Å². The van der Waals surface area contributed by atoms with Crippen LogP contribution >= 0.6 is 11.3 Å². The summed E-state index contributed by atoms with van der Waals surface area (Å²) < 4.78 is 5.24. The average molecular weight is 298 g/mol. The highest BCUT2D eigenvalue weighted by Gasteiger charge is 2.05. The van der Waals surface area contributed by atoms with Gasteiger partial charge in [-0.05, 0) is 37.6 Å². The highest BCUT2D eigenvalue weighted by atomic mass is 32.1. The van der Waals surface area contributed by atoms with Crippen LogP contribution in [0, 0.1) is 20.8 Å². The third-order valence-corrected chi connectivity index (χ3v) is 4.43. The topological polar surface area (TPSA) is 38.1 Å². The van der Waals surface area contributed by atoms with Crippen LogP contribution in [0.2, 0.25) is 0 Å². The normalized spacial score (nSPS) is 10.8. The summed E-state index contributed by atoms with van der Waals surface area (Å²) >= 11 is 1.85. The molecule has 0 atom stereocenters.